The van der Waals surface area contributed by atoms with Crippen molar-refractivity contribution in [3.8, 4) is 0 Å². The lowest BCUT2D eigenvalue weighted by molar-refractivity contribution is -0.105. The second-order valence-electron chi connectivity index (χ2n) is 2.48. The first-order chi connectivity index (χ1) is 6.36. The van der Waals surface area contributed by atoms with Crippen molar-refractivity contribution in [2.24, 2.45) is 0 Å². The lowest BCUT2D eigenvalue weighted by atomic mass is 10.2. The van der Waals surface area contributed by atoms with Gasteiger partial charge in [-0.3, -0.25) is 4.79 Å². The summed E-state index contributed by atoms with van der Waals surface area (Å²) in [6.07, 6.45) is 6.19. The number of nitrogens with one attached hydrogen (secondary N) is 1. The van der Waals surface area contributed by atoms with Crippen LogP contribution < -0.4 is 5.32 Å². The van der Waals surface area contributed by atoms with Gasteiger partial charge in [0.05, 0.1) is 0 Å². The van der Waals surface area contributed by atoms with Gasteiger partial charge in [-0.1, -0.05) is 36.9 Å². The highest BCUT2D eigenvalue weighted by Gasteiger charge is 1.88. The van der Waals surface area contributed by atoms with Crippen molar-refractivity contribution in [3.63, 3.8) is 0 Å². The number of benzene rings is 1. The molecule has 0 aliphatic heterocycles. The van der Waals surface area contributed by atoms with E-state index in [1.807, 2.05) is 36.4 Å². The summed E-state index contributed by atoms with van der Waals surface area (Å²) in [4.78, 5) is 10.1. The van der Waals surface area contributed by atoms with Crippen molar-refractivity contribution in [2.45, 2.75) is 0 Å². The van der Waals surface area contributed by atoms with Crippen molar-refractivity contribution >= 4 is 18.2 Å². The fourth-order valence-corrected chi connectivity index (χ4v) is 0.938. The Hall–Kier alpha value is -1.83. The van der Waals surface area contributed by atoms with Crippen molar-refractivity contribution < 1.29 is 4.79 Å². The summed E-state index contributed by atoms with van der Waals surface area (Å²) < 4.78 is 0. The lowest BCUT2D eigenvalue weighted by Gasteiger charge is -1.97. The quantitative estimate of drug-likeness (QED) is 0.550. The molecule has 0 fully saturated rings. The molecule has 0 atom stereocenters. The average Bonchev–Trinajstić information content (AvgIpc) is 2.17. The maximum absolute atomic E-state index is 10.1. The molecule has 0 saturated heterocycles. The molecule has 1 amide bonds. The molecule has 1 N–H and O–H groups in total. The van der Waals surface area contributed by atoms with Crippen LogP contribution >= 0.6 is 0 Å². The Labute approximate surface area is 77.6 Å². The molecule has 0 spiro atoms. The third kappa shape index (κ3) is 2.95. The van der Waals surface area contributed by atoms with Gasteiger partial charge in [-0.15, -0.1) is 0 Å². The molecule has 2 nitrogen and oxygen atoms in total. The second-order valence-corrected chi connectivity index (χ2v) is 2.48. The van der Waals surface area contributed by atoms with Crippen LogP contribution in [0, 0.1) is 0 Å². The molecule has 1 aromatic rings. The van der Waals surface area contributed by atoms with Gasteiger partial charge >= 0.3 is 0 Å². The molecular formula is C11H11NO. The zero-order valence-corrected chi connectivity index (χ0v) is 7.23. The van der Waals surface area contributed by atoms with Crippen molar-refractivity contribution in [3.05, 3.63) is 48.6 Å². The van der Waals surface area contributed by atoms with Crippen LogP contribution in [-0.4, -0.2) is 6.41 Å². The van der Waals surface area contributed by atoms with Gasteiger partial charge in [0.25, 0.3) is 0 Å². The van der Waals surface area contributed by atoms with Gasteiger partial charge in [-0.25, -0.2) is 0 Å². The summed E-state index contributed by atoms with van der Waals surface area (Å²) in [5.41, 5.74) is 1.88. The van der Waals surface area contributed by atoms with Gasteiger partial charge in [0.1, 0.15) is 0 Å². The largest absolute Gasteiger partial charge is 0.329 e. The standard InChI is InChI=1S/C11H11NO/c1-2-3-4-10-5-7-11(8-6-10)12-9-13/h2-9H,1H2,(H,12,13)/b4-3+. The highest BCUT2D eigenvalue weighted by atomic mass is 16.1. The van der Waals surface area contributed by atoms with E-state index in [1.165, 1.54) is 0 Å². The van der Waals surface area contributed by atoms with E-state index in [0.717, 1.165) is 11.3 Å². The smallest absolute Gasteiger partial charge is 0.211 e. The first-order valence-electron chi connectivity index (χ1n) is 3.96. The molecular weight excluding hydrogens is 162 g/mol. The Bertz CT molecular complexity index is 311. The number of anilines is 1. The van der Waals surface area contributed by atoms with E-state index in [1.54, 1.807) is 6.08 Å². The number of hydrogen-bond donors (Lipinski definition) is 1. The number of carbonyl (C=O) groups is 1. The van der Waals surface area contributed by atoms with Gasteiger partial charge in [-0.05, 0) is 17.7 Å². The zero-order chi connectivity index (χ0) is 9.52. The van der Waals surface area contributed by atoms with Gasteiger partial charge in [0.2, 0.25) is 6.41 Å². The number of allylic oxidation sites excluding steroid dienone is 2. The van der Waals surface area contributed by atoms with Gasteiger partial charge in [-0.2, -0.15) is 0 Å². The first kappa shape index (κ1) is 9.26. The van der Waals surface area contributed by atoms with E-state index in [-0.39, 0.29) is 0 Å². The molecule has 0 saturated carbocycles. The van der Waals surface area contributed by atoms with E-state index in [4.69, 9.17) is 0 Å². The van der Waals surface area contributed by atoms with Crippen LogP contribution in [0.3, 0.4) is 0 Å². The molecule has 13 heavy (non-hydrogen) atoms. The van der Waals surface area contributed by atoms with Crippen LogP contribution in [0.1, 0.15) is 5.56 Å². The zero-order valence-electron chi connectivity index (χ0n) is 7.23. The minimum Gasteiger partial charge on any atom is -0.329 e. The maximum atomic E-state index is 10.1. The molecule has 2 heteroatoms. The summed E-state index contributed by atoms with van der Waals surface area (Å²) in [5, 5.41) is 2.57. The fourth-order valence-electron chi connectivity index (χ4n) is 0.938. The van der Waals surface area contributed by atoms with Gasteiger partial charge < -0.3 is 5.32 Å². The SMILES string of the molecule is C=C/C=C/c1ccc(NC=O)cc1. The van der Waals surface area contributed by atoms with Crippen LogP contribution in [0.2, 0.25) is 0 Å². The Balaban J connectivity index is 2.74. The van der Waals surface area contributed by atoms with E-state index >= 15 is 0 Å². The molecule has 1 rings (SSSR count). The molecule has 0 bridgehead atoms. The van der Waals surface area contributed by atoms with E-state index in [9.17, 15) is 4.79 Å². The Morgan fingerprint density at radius 2 is 1.92 bits per heavy atom. The third-order valence-electron chi connectivity index (χ3n) is 1.56. The average molecular weight is 173 g/mol. The van der Waals surface area contributed by atoms with Crippen LogP contribution in [0.15, 0.2) is 43.0 Å². The number of amides is 1. The predicted octanol–water partition coefficient (Wildman–Crippen LogP) is 2.45. The Morgan fingerprint density at radius 3 is 2.46 bits per heavy atom. The topological polar surface area (TPSA) is 29.1 Å². The van der Waals surface area contributed by atoms with Crippen molar-refractivity contribution in [1.29, 1.82) is 0 Å². The summed E-state index contributed by atoms with van der Waals surface area (Å²) in [6.45, 7) is 3.58. The second kappa shape index (κ2) is 4.93. The molecule has 0 aliphatic rings. The molecule has 1 aromatic carbocycles. The molecule has 66 valence electrons. The predicted molar refractivity (Wildman–Crippen MR) is 55.4 cm³/mol. The summed E-state index contributed by atoms with van der Waals surface area (Å²) in [5.74, 6) is 0. The first-order valence-corrected chi connectivity index (χ1v) is 3.96. The Kier molecular flexibility index (Phi) is 3.51. The number of hydrogen-bond acceptors (Lipinski definition) is 1. The van der Waals surface area contributed by atoms with Crippen LogP contribution in [0.25, 0.3) is 6.08 Å². The Morgan fingerprint density at radius 1 is 1.23 bits per heavy atom. The lowest BCUT2D eigenvalue weighted by Crippen LogP contribution is -1.92. The molecule has 0 heterocycles. The third-order valence-corrected chi connectivity index (χ3v) is 1.56. The normalized spacial score (nSPS) is 9.85. The summed E-state index contributed by atoms with van der Waals surface area (Å²) >= 11 is 0. The van der Waals surface area contributed by atoms with E-state index < -0.39 is 0 Å². The van der Waals surface area contributed by atoms with E-state index in [0.29, 0.717) is 6.41 Å². The number of rotatable bonds is 4. The molecule has 0 unspecified atom stereocenters. The van der Waals surface area contributed by atoms with Gasteiger partial charge in [0.15, 0.2) is 0 Å². The molecule has 0 radical (unpaired) electrons. The van der Waals surface area contributed by atoms with E-state index in [2.05, 4.69) is 11.9 Å². The highest BCUT2D eigenvalue weighted by molar-refractivity contribution is 5.71. The molecule has 0 aromatic heterocycles. The van der Waals surface area contributed by atoms with Crippen LogP contribution in [-0.2, 0) is 4.79 Å². The van der Waals surface area contributed by atoms with Crippen molar-refractivity contribution in [2.75, 3.05) is 5.32 Å². The fraction of sp³-hybridized carbons (Fsp3) is 0. The number of carbonyl (C=O) groups excluding carboxylic acids is 1. The minimum absolute atomic E-state index is 0.661. The van der Waals surface area contributed by atoms with Crippen LogP contribution in [0.5, 0.6) is 0 Å². The maximum Gasteiger partial charge on any atom is 0.211 e. The minimum atomic E-state index is 0.661. The van der Waals surface area contributed by atoms with Crippen molar-refractivity contribution in [1.82, 2.24) is 0 Å². The summed E-state index contributed by atoms with van der Waals surface area (Å²) in [7, 11) is 0. The van der Waals surface area contributed by atoms with Gasteiger partial charge in [0, 0.05) is 5.69 Å². The molecule has 0 aliphatic carbocycles. The summed E-state index contributed by atoms with van der Waals surface area (Å²) in [6, 6.07) is 7.53. The highest BCUT2D eigenvalue weighted by Crippen LogP contribution is 2.09. The van der Waals surface area contributed by atoms with Crippen LogP contribution in [0.4, 0.5) is 5.69 Å². The monoisotopic (exact) mass is 173 g/mol.